The lowest BCUT2D eigenvalue weighted by Crippen LogP contribution is -2.28. The summed E-state index contributed by atoms with van der Waals surface area (Å²) in [6.45, 7) is -3.77. The minimum absolute atomic E-state index is 0.0849. The standard InChI is InChI=1S/C15H10ClF5N2O3/c16-10-5-9(2-3-11(10)26-14(17)18)22-12(24)7-23-6-8(15(19,20)21)1-4-13(23)25/h1-6,14H,7H2,(H,22,24). The van der Waals surface area contributed by atoms with Crippen LogP contribution in [0.1, 0.15) is 5.56 Å². The molecule has 140 valence electrons. The average Bonchev–Trinajstić information content (AvgIpc) is 2.50. The highest BCUT2D eigenvalue weighted by atomic mass is 35.5. The van der Waals surface area contributed by atoms with Crippen LogP contribution in [-0.4, -0.2) is 17.1 Å². The number of halogens is 6. The molecule has 0 aliphatic rings. The van der Waals surface area contributed by atoms with Gasteiger partial charge in [-0.3, -0.25) is 9.59 Å². The first-order valence-corrected chi connectivity index (χ1v) is 7.26. The molecule has 1 aromatic heterocycles. The fraction of sp³-hybridized carbons (Fsp3) is 0.200. The predicted octanol–water partition coefficient (Wildman–Crippen LogP) is 3.76. The van der Waals surface area contributed by atoms with Crippen LogP contribution in [0, 0.1) is 0 Å². The molecule has 1 heterocycles. The predicted molar refractivity (Wildman–Crippen MR) is 82.4 cm³/mol. The Kier molecular flexibility index (Phi) is 5.86. The van der Waals surface area contributed by atoms with Gasteiger partial charge in [0.15, 0.2) is 0 Å². The van der Waals surface area contributed by atoms with Crippen molar-refractivity contribution in [2.45, 2.75) is 19.3 Å². The summed E-state index contributed by atoms with van der Waals surface area (Å²) in [6.07, 6.45) is -4.14. The Morgan fingerprint density at radius 1 is 1.23 bits per heavy atom. The summed E-state index contributed by atoms with van der Waals surface area (Å²) >= 11 is 5.72. The van der Waals surface area contributed by atoms with Gasteiger partial charge in [0, 0.05) is 18.0 Å². The van der Waals surface area contributed by atoms with E-state index in [1.54, 1.807) is 0 Å². The van der Waals surface area contributed by atoms with Gasteiger partial charge in [-0.25, -0.2) is 0 Å². The number of nitrogens with one attached hydrogen (secondary N) is 1. The molecule has 11 heteroatoms. The molecule has 1 amide bonds. The second kappa shape index (κ2) is 7.73. The molecule has 0 saturated heterocycles. The molecule has 2 rings (SSSR count). The van der Waals surface area contributed by atoms with Gasteiger partial charge >= 0.3 is 12.8 Å². The first-order valence-electron chi connectivity index (χ1n) is 6.88. The number of anilines is 1. The van der Waals surface area contributed by atoms with Crippen molar-refractivity contribution >= 4 is 23.2 Å². The number of benzene rings is 1. The van der Waals surface area contributed by atoms with Crippen LogP contribution in [0.25, 0.3) is 0 Å². The largest absolute Gasteiger partial charge is 0.433 e. The number of rotatable bonds is 5. The molecule has 0 atom stereocenters. The molecule has 26 heavy (non-hydrogen) atoms. The Labute approximate surface area is 147 Å². The van der Waals surface area contributed by atoms with Crippen molar-refractivity contribution in [3.05, 3.63) is 57.5 Å². The van der Waals surface area contributed by atoms with Crippen molar-refractivity contribution in [1.82, 2.24) is 4.57 Å². The first kappa shape index (κ1) is 19.7. The maximum absolute atomic E-state index is 12.7. The third-order valence-corrected chi connectivity index (χ3v) is 3.35. The number of carbonyl (C=O) groups is 1. The van der Waals surface area contributed by atoms with Crippen LogP contribution in [-0.2, 0) is 17.5 Å². The van der Waals surface area contributed by atoms with E-state index in [1.165, 1.54) is 6.07 Å². The molecule has 0 unspecified atom stereocenters. The molecule has 5 nitrogen and oxygen atoms in total. The van der Waals surface area contributed by atoms with Gasteiger partial charge in [-0.1, -0.05) is 11.6 Å². The molecule has 0 aliphatic carbocycles. The van der Waals surface area contributed by atoms with Crippen molar-refractivity contribution in [3.63, 3.8) is 0 Å². The van der Waals surface area contributed by atoms with E-state index < -0.39 is 36.4 Å². The molecule has 0 radical (unpaired) electrons. The Balaban J connectivity index is 2.12. The van der Waals surface area contributed by atoms with Crippen LogP contribution in [0.2, 0.25) is 5.02 Å². The number of pyridine rings is 1. The van der Waals surface area contributed by atoms with Crippen molar-refractivity contribution in [2.24, 2.45) is 0 Å². The van der Waals surface area contributed by atoms with E-state index in [9.17, 15) is 31.5 Å². The van der Waals surface area contributed by atoms with E-state index in [4.69, 9.17) is 11.6 Å². The summed E-state index contributed by atoms with van der Waals surface area (Å²) in [5.41, 5.74) is -1.80. The Morgan fingerprint density at radius 3 is 2.50 bits per heavy atom. The van der Waals surface area contributed by atoms with Gasteiger partial charge in [-0.2, -0.15) is 22.0 Å². The molecular formula is C15H10ClF5N2O3. The lowest BCUT2D eigenvalue weighted by molar-refractivity contribution is -0.138. The average molecular weight is 397 g/mol. The topological polar surface area (TPSA) is 60.3 Å². The third-order valence-electron chi connectivity index (χ3n) is 3.06. The molecule has 0 aliphatic heterocycles. The van der Waals surface area contributed by atoms with Gasteiger partial charge in [0.25, 0.3) is 5.56 Å². The van der Waals surface area contributed by atoms with Crippen LogP contribution in [0.3, 0.4) is 0 Å². The first-order chi connectivity index (χ1) is 12.1. The molecule has 0 spiro atoms. The lowest BCUT2D eigenvalue weighted by atomic mass is 10.2. The van der Waals surface area contributed by atoms with Gasteiger partial charge in [0.2, 0.25) is 5.91 Å². The number of amides is 1. The smallest absolute Gasteiger partial charge is 0.417 e. The molecule has 0 saturated carbocycles. The Hall–Kier alpha value is -2.62. The van der Waals surface area contributed by atoms with Crippen molar-refractivity contribution < 1.29 is 31.5 Å². The van der Waals surface area contributed by atoms with Gasteiger partial charge in [0.1, 0.15) is 12.3 Å². The normalized spacial score (nSPS) is 11.5. The van der Waals surface area contributed by atoms with Crippen molar-refractivity contribution in [1.29, 1.82) is 0 Å². The zero-order valence-electron chi connectivity index (χ0n) is 12.7. The summed E-state index contributed by atoms with van der Waals surface area (Å²) < 4.78 is 67.0. The molecular weight excluding hydrogens is 387 g/mol. The van der Waals surface area contributed by atoms with E-state index in [0.717, 1.165) is 12.1 Å². The van der Waals surface area contributed by atoms with Crippen LogP contribution in [0.4, 0.5) is 27.6 Å². The highest BCUT2D eigenvalue weighted by molar-refractivity contribution is 6.32. The Bertz CT molecular complexity index is 867. The van der Waals surface area contributed by atoms with Gasteiger partial charge in [-0.15, -0.1) is 0 Å². The summed E-state index contributed by atoms with van der Waals surface area (Å²) in [5.74, 6) is -1.13. The summed E-state index contributed by atoms with van der Waals surface area (Å²) in [6, 6.07) is 4.71. The summed E-state index contributed by atoms with van der Waals surface area (Å²) in [5, 5.41) is 2.08. The van der Waals surface area contributed by atoms with E-state index in [1.807, 2.05) is 0 Å². The second-order valence-corrected chi connectivity index (χ2v) is 5.36. The van der Waals surface area contributed by atoms with Crippen LogP contribution < -0.4 is 15.6 Å². The fourth-order valence-electron chi connectivity index (χ4n) is 1.95. The highest BCUT2D eigenvalue weighted by Crippen LogP contribution is 2.29. The van der Waals surface area contributed by atoms with E-state index in [0.29, 0.717) is 22.9 Å². The van der Waals surface area contributed by atoms with E-state index in [2.05, 4.69) is 10.1 Å². The van der Waals surface area contributed by atoms with E-state index >= 15 is 0 Å². The Morgan fingerprint density at radius 2 is 1.92 bits per heavy atom. The van der Waals surface area contributed by atoms with Crippen molar-refractivity contribution in [2.75, 3.05) is 5.32 Å². The fourth-order valence-corrected chi connectivity index (χ4v) is 2.17. The highest BCUT2D eigenvalue weighted by Gasteiger charge is 2.31. The number of hydrogen-bond donors (Lipinski definition) is 1. The zero-order chi connectivity index (χ0) is 19.5. The molecule has 0 fully saturated rings. The van der Waals surface area contributed by atoms with Gasteiger partial charge < -0.3 is 14.6 Å². The lowest BCUT2D eigenvalue weighted by Gasteiger charge is -2.12. The minimum atomic E-state index is -4.67. The van der Waals surface area contributed by atoms with Crippen LogP contribution >= 0.6 is 11.6 Å². The number of ether oxygens (including phenoxy) is 1. The van der Waals surface area contributed by atoms with Crippen molar-refractivity contribution in [3.8, 4) is 5.75 Å². The third kappa shape index (κ3) is 5.19. The van der Waals surface area contributed by atoms with Gasteiger partial charge in [0.05, 0.1) is 10.6 Å². The summed E-state index contributed by atoms with van der Waals surface area (Å²) in [4.78, 5) is 23.5. The molecule has 0 bridgehead atoms. The SMILES string of the molecule is O=C(Cn1cc(C(F)(F)F)ccc1=O)Nc1ccc(OC(F)F)c(Cl)c1. The monoisotopic (exact) mass is 396 g/mol. The number of carbonyl (C=O) groups excluding carboxylic acids is 1. The number of alkyl halides is 5. The quantitative estimate of drug-likeness (QED) is 0.783. The minimum Gasteiger partial charge on any atom is -0.433 e. The van der Waals surface area contributed by atoms with E-state index in [-0.39, 0.29) is 16.5 Å². The zero-order valence-corrected chi connectivity index (χ0v) is 13.4. The molecule has 1 N–H and O–H groups in total. The summed E-state index contributed by atoms with van der Waals surface area (Å²) in [7, 11) is 0. The number of nitrogens with zero attached hydrogens (tertiary/aromatic N) is 1. The maximum Gasteiger partial charge on any atom is 0.417 e. The van der Waals surface area contributed by atoms with Crippen LogP contribution in [0.15, 0.2) is 41.3 Å². The van der Waals surface area contributed by atoms with Crippen LogP contribution in [0.5, 0.6) is 5.75 Å². The number of aromatic nitrogens is 1. The molecule has 1 aromatic carbocycles. The maximum atomic E-state index is 12.7. The number of hydrogen-bond acceptors (Lipinski definition) is 3. The molecule has 2 aromatic rings. The second-order valence-electron chi connectivity index (χ2n) is 4.95. The van der Waals surface area contributed by atoms with Gasteiger partial charge in [-0.05, 0) is 24.3 Å².